The first-order valence-corrected chi connectivity index (χ1v) is 10.2. The van der Waals surface area contributed by atoms with Gasteiger partial charge in [-0.25, -0.2) is 14.6 Å². The zero-order chi connectivity index (χ0) is 21.8. The summed E-state index contributed by atoms with van der Waals surface area (Å²) in [4.78, 5) is 32.0. The highest BCUT2D eigenvalue weighted by Crippen LogP contribution is 2.39. The number of carboxylic acid groups (broad SMARTS) is 1. The number of hydrogen-bond donors (Lipinski definition) is 1. The van der Waals surface area contributed by atoms with E-state index in [9.17, 15) is 18.0 Å². The second-order valence-corrected chi connectivity index (χ2v) is 8.89. The summed E-state index contributed by atoms with van der Waals surface area (Å²) in [6, 6.07) is 0.160. The molecule has 1 N–H and O–H groups in total. The number of aliphatic carboxylic acids is 1. The van der Waals surface area contributed by atoms with E-state index in [0.717, 1.165) is 44.2 Å². The van der Waals surface area contributed by atoms with Crippen LogP contribution in [0.4, 0.5) is 18.0 Å². The van der Waals surface area contributed by atoms with E-state index in [1.165, 1.54) is 18.5 Å². The highest BCUT2D eigenvalue weighted by Gasteiger charge is 2.42. The Bertz CT molecular complexity index is 725. The van der Waals surface area contributed by atoms with E-state index in [1.807, 2.05) is 19.0 Å². The number of halogens is 3. The number of piperidine rings is 1. The van der Waals surface area contributed by atoms with Gasteiger partial charge in [0.05, 0.1) is 10.7 Å². The van der Waals surface area contributed by atoms with Crippen LogP contribution < -0.4 is 0 Å². The van der Waals surface area contributed by atoms with E-state index in [-0.39, 0.29) is 6.03 Å². The van der Waals surface area contributed by atoms with E-state index in [2.05, 4.69) is 22.2 Å². The molecule has 7 nitrogen and oxygen atoms in total. The number of likely N-dealkylation sites (tertiary alicyclic amines) is 2. The molecule has 2 aliphatic heterocycles. The number of carbonyl (C=O) groups excluding carboxylic acids is 1. The standard InChI is InChI=1S/C16H26N4OS.C2HF3O2/c1-13-17-14(10-22-13)9-19-8-6-16(11-19)5-4-7-20(12-16)15(21)18(2)3;3-2(4,5)1(6)7/h10H,4-9,11-12H2,1-3H3;(H,6,7). The molecule has 1 atom stereocenters. The van der Waals surface area contributed by atoms with Crippen LogP contribution in [0, 0.1) is 12.3 Å². The third kappa shape index (κ3) is 6.56. The first kappa shape index (κ1) is 23.4. The Morgan fingerprint density at radius 3 is 2.45 bits per heavy atom. The molecule has 11 heteroatoms. The number of hydrogen-bond acceptors (Lipinski definition) is 5. The lowest BCUT2D eigenvalue weighted by Gasteiger charge is -2.41. The van der Waals surface area contributed by atoms with Crippen molar-refractivity contribution >= 4 is 23.3 Å². The summed E-state index contributed by atoms with van der Waals surface area (Å²) < 4.78 is 31.7. The number of carbonyl (C=O) groups is 2. The van der Waals surface area contributed by atoms with Crippen LogP contribution in [0.2, 0.25) is 0 Å². The van der Waals surface area contributed by atoms with Crippen molar-refractivity contribution in [3.63, 3.8) is 0 Å². The van der Waals surface area contributed by atoms with Crippen LogP contribution >= 0.6 is 11.3 Å². The quantitative estimate of drug-likeness (QED) is 0.771. The second kappa shape index (κ2) is 9.29. The average Bonchev–Trinajstić information content (AvgIpc) is 3.20. The minimum atomic E-state index is -5.08. The van der Waals surface area contributed by atoms with E-state index in [1.54, 1.807) is 16.2 Å². The maximum absolute atomic E-state index is 12.2. The van der Waals surface area contributed by atoms with Gasteiger partial charge in [0, 0.05) is 51.1 Å². The average molecular weight is 437 g/mol. The zero-order valence-electron chi connectivity index (χ0n) is 16.8. The largest absolute Gasteiger partial charge is 0.490 e. The fraction of sp³-hybridized carbons (Fsp3) is 0.722. The van der Waals surface area contributed by atoms with Crippen molar-refractivity contribution in [3.05, 3.63) is 16.1 Å². The molecule has 2 saturated heterocycles. The number of urea groups is 1. The molecule has 2 amide bonds. The minimum Gasteiger partial charge on any atom is -0.475 e. The zero-order valence-corrected chi connectivity index (χ0v) is 17.6. The molecular weight excluding hydrogens is 409 g/mol. The highest BCUT2D eigenvalue weighted by molar-refractivity contribution is 7.09. The predicted molar refractivity (Wildman–Crippen MR) is 103 cm³/mol. The van der Waals surface area contributed by atoms with Gasteiger partial charge in [0.15, 0.2) is 0 Å². The minimum absolute atomic E-state index is 0.160. The number of rotatable bonds is 2. The van der Waals surface area contributed by atoms with Gasteiger partial charge in [-0.3, -0.25) is 4.90 Å². The lowest BCUT2D eigenvalue weighted by atomic mass is 9.79. The van der Waals surface area contributed by atoms with Gasteiger partial charge in [-0.1, -0.05) is 0 Å². The molecule has 2 fully saturated rings. The summed E-state index contributed by atoms with van der Waals surface area (Å²) in [6.07, 6.45) is -1.51. The van der Waals surface area contributed by atoms with E-state index >= 15 is 0 Å². The molecule has 0 aliphatic carbocycles. The summed E-state index contributed by atoms with van der Waals surface area (Å²) in [5, 5.41) is 10.4. The highest BCUT2D eigenvalue weighted by atomic mass is 32.1. The van der Waals surface area contributed by atoms with E-state index in [0.29, 0.717) is 5.41 Å². The Morgan fingerprint density at radius 2 is 1.93 bits per heavy atom. The van der Waals surface area contributed by atoms with Crippen molar-refractivity contribution in [2.24, 2.45) is 5.41 Å². The molecule has 1 aromatic heterocycles. The van der Waals surface area contributed by atoms with Crippen LogP contribution in [0.15, 0.2) is 5.38 Å². The molecule has 0 saturated carbocycles. The van der Waals surface area contributed by atoms with Gasteiger partial charge in [-0.05, 0) is 32.7 Å². The van der Waals surface area contributed by atoms with Gasteiger partial charge >= 0.3 is 18.2 Å². The van der Waals surface area contributed by atoms with Crippen molar-refractivity contribution < 1.29 is 27.9 Å². The van der Waals surface area contributed by atoms with Crippen LogP contribution in [0.5, 0.6) is 0 Å². The number of amides is 2. The van der Waals surface area contributed by atoms with Gasteiger partial charge in [0.2, 0.25) is 0 Å². The van der Waals surface area contributed by atoms with Gasteiger partial charge in [0.25, 0.3) is 0 Å². The lowest BCUT2D eigenvalue weighted by Crippen LogP contribution is -2.50. The molecule has 3 rings (SSSR count). The maximum Gasteiger partial charge on any atom is 0.490 e. The van der Waals surface area contributed by atoms with Crippen molar-refractivity contribution in [1.82, 2.24) is 19.7 Å². The Hall–Kier alpha value is -1.88. The Kier molecular flexibility index (Phi) is 7.50. The Balaban J connectivity index is 0.000000370. The smallest absolute Gasteiger partial charge is 0.475 e. The van der Waals surface area contributed by atoms with Gasteiger partial charge < -0.3 is 14.9 Å². The van der Waals surface area contributed by atoms with Gasteiger partial charge in [-0.2, -0.15) is 13.2 Å². The molecule has 2 aliphatic rings. The van der Waals surface area contributed by atoms with Crippen LogP contribution in [0.25, 0.3) is 0 Å². The van der Waals surface area contributed by atoms with Crippen LogP contribution in [-0.2, 0) is 11.3 Å². The lowest BCUT2D eigenvalue weighted by molar-refractivity contribution is -0.192. The SMILES string of the molecule is Cc1nc(CN2CCC3(CCCN(C(=O)N(C)C)C3)C2)cs1.O=C(O)C(F)(F)F. The van der Waals surface area contributed by atoms with Crippen molar-refractivity contribution in [2.45, 2.75) is 38.9 Å². The molecule has 29 heavy (non-hydrogen) atoms. The molecule has 1 unspecified atom stereocenters. The molecule has 164 valence electrons. The molecule has 0 aromatic carbocycles. The first-order valence-electron chi connectivity index (χ1n) is 9.32. The van der Waals surface area contributed by atoms with E-state index in [4.69, 9.17) is 9.90 Å². The van der Waals surface area contributed by atoms with E-state index < -0.39 is 12.1 Å². The maximum atomic E-state index is 12.2. The summed E-state index contributed by atoms with van der Waals surface area (Å²) >= 11 is 1.73. The van der Waals surface area contributed by atoms with Crippen LogP contribution in [0.3, 0.4) is 0 Å². The third-order valence-electron chi connectivity index (χ3n) is 5.13. The summed E-state index contributed by atoms with van der Waals surface area (Å²) in [7, 11) is 3.68. The fourth-order valence-corrected chi connectivity index (χ4v) is 4.46. The number of carboxylic acids is 1. The number of alkyl halides is 3. The third-order valence-corrected chi connectivity index (χ3v) is 5.95. The van der Waals surface area contributed by atoms with Gasteiger partial charge in [0.1, 0.15) is 0 Å². The molecular formula is C18H27F3N4O3S. The monoisotopic (exact) mass is 436 g/mol. The van der Waals surface area contributed by atoms with Crippen molar-refractivity contribution in [1.29, 1.82) is 0 Å². The normalized spacial score (nSPS) is 22.3. The van der Waals surface area contributed by atoms with Crippen LogP contribution in [-0.4, -0.2) is 83.2 Å². The number of thiazole rings is 1. The summed E-state index contributed by atoms with van der Waals surface area (Å²) in [6.45, 7) is 7.06. The second-order valence-electron chi connectivity index (χ2n) is 7.82. The number of nitrogens with zero attached hydrogens (tertiary/aromatic N) is 4. The van der Waals surface area contributed by atoms with Crippen LogP contribution in [0.1, 0.15) is 30.0 Å². The predicted octanol–water partition coefficient (Wildman–Crippen LogP) is 3.05. The molecule has 3 heterocycles. The fourth-order valence-electron chi connectivity index (χ4n) is 3.86. The van der Waals surface area contributed by atoms with Gasteiger partial charge in [-0.15, -0.1) is 11.3 Å². The summed E-state index contributed by atoms with van der Waals surface area (Å²) in [5.41, 5.74) is 1.49. The van der Waals surface area contributed by atoms with Crippen molar-refractivity contribution in [3.8, 4) is 0 Å². The Labute approximate surface area is 172 Å². The number of aromatic nitrogens is 1. The number of aryl methyl sites for hydroxylation is 1. The first-order chi connectivity index (χ1) is 13.4. The Morgan fingerprint density at radius 1 is 1.28 bits per heavy atom. The molecule has 1 aromatic rings. The molecule has 1 spiro atoms. The van der Waals surface area contributed by atoms with Crippen molar-refractivity contribution in [2.75, 3.05) is 40.3 Å². The molecule has 0 radical (unpaired) electrons. The topological polar surface area (TPSA) is 77.0 Å². The molecule has 0 bridgehead atoms. The summed E-state index contributed by atoms with van der Waals surface area (Å²) in [5.74, 6) is -2.76.